The fourth-order valence-corrected chi connectivity index (χ4v) is 4.02. The van der Waals surface area contributed by atoms with E-state index in [1.54, 1.807) is 16.8 Å². The zero-order chi connectivity index (χ0) is 19.1. The molecule has 0 N–H and O–H groups in total. The Bertz CT molecular complexity index is 958. The molecule has 1 aliphatic carbocycles. The van der Waals surface area contributed by atoms with Gasteiger partial charge in [0.1, 0.15) is 13.2 Å². The van der Waals surface area contributed by atoms with Crippen LogP contribution < -0.4 is 15.0 Å². The van der Waals surface area contributed by atoms with Crippen LogP contribution in [0.1, 0.15) is 53.7 Å². The lowest BCUT2D eigenvalue weighted by Crippen LogP contribution is -2.41. The molecule has 1 aromatic carbocycles. The van der Waals surface area contributed by atoms with Crippen molar-refractivity contribution in [2.75, 3.05) is 26.3 Å². The van der Waals surface area contributed by atoms with Gasteiger partial charge in [-0.25, -0.2) is 4.68 Å². The summed E-state index contributed by atoms with van der Waals surface area (Å²) in [5, 5.41) is 4.61. The zero-order valence-corrected chi connectivity index (χ0v) is 15.7. The van der Waals surface area contributed by atoms with Gasteiger partial charge in [-0.05, 0) is 43.9 Å². The van der Waals surface area contributed by atoms with Crippen molar-refractivity contribution in [2.45, 2.75) is 37.6 Å². The van der Waals surface area contributed by atoms with E-state index >= 15 is 0 Å². The van der Waals surface area contributed by atoms with Crippen molar-refractivity contribution in [2.24, 2.45) is 0 Å². The molecule has 3 heterocycles. The van der Waals surface area contributed by atoms with Crippen molar-refractivity contribution in [1.29, 1.82) is 0 Å². The number of carbonyl (C=O) groups is 1. The molecule has 0 atom stereocenters. The summed E-state index contributed by atoms with van der Waals surface area (Å²) in [7, 11) is 0. The first kappa shape index (κ1) is 17.3. The predicted molar refractivity (Wildman–Crippen MR) is 102 cm³/mol. The third-order valence-corrected chi connectivity index (χ3v) is 5.74. The van der Waals surface area contributed by atoms with E-state index in [0.717, 1.165) is 31.4 Å². The number of fused-ring (bicyclic) bond motifs is 1. The summed E-state index contributed by atoms with van der Waals surface area (Å²) in [6.45, 7) is 2.13. The van der Waals surface area contributed by atoms with Crippen molar-refractivity contribution >= 4 is 5.91 Å². The van der Waals surface area contributed by atoms with Gasteiger partial charge in [-0.3, -0.25) is 9.59 Å². The van der Waals surface area contributed by atoms with Crippen LogP contribution in [0.2, 0.25) is 0 Å². The van der Waals surface area contributed by atoms with E-state index in [4.69, 9.17) is 9.47 Å². The van der Waals surface area contributed by atoms with Gasteiger partial charge < -0.3 is 14.4 Å². The van der Waals surface area contributed by atoms with Crippen LogP contribution in [0.15, 0.2) is 35.1 Å². The highest BCUT2D eigenvalue weighted by atomic mass is 16.6. The molecule has 0 unspecified atom stereocenters. The number of rotatable bonds is 3. The van der Waals surface area contributed by atoms with Crippen molar-refractivity contribution in [3.63, 3.8) is 0 Å². The van der Waals surface area contributed by atoms with Gasteiger partial charge >= 0.3 is 0 Å². The van der Waals surface area contributed by atoms with Crippen LogP contribution in [0, 0.1) is 0 Å². The van der Waals surface area contributed by atoms with Crippen LogP contribution in [0.5, 0.6) is 11.5 Å². The molecule has 2 aliphatic heterocycles. The van der Waals surface area contributed by atoms with Crippen molar-refractivity contribution in [1.82, 2.24) is 14.7 Å². The van der Waals surface area contributed by atoms with E-state index in [1.807, 2.05) is 23.1 Å². The first-order valence-corrected chi connectivity index (χ1v) is 9.98. The van der Waals surface area contributed by atoms with Crippen LogP contribution in [0.25, 0.3) is 0 Å². The summed E-state index contributed by atoms with van der Waals surface area (Å²) in [4.78, 5) is 27.2. The molecule has 28 heavy (non-hydrogen) atoms. The van der Waals surface area contributed by atoms with E-state index in [1.165, 1.54) is 0 Å². The Hall–Kier alpha value is -2.83. The van der Waals surface area contributed by atoms with Gasteiger partial charge in [0.15, 0.2) is 11.5 Å². The maximum atomic E-state index is 13.0. The SMILES string of the molecule is O=C(c1cccc2c1OCCO2)N1CCC(n2nc(C3CC3)ccc2=O)CC1. The molecular formula is C21H23N3O4. The minimum atomic E-state index is -0.0585. The molecule has 146 valence electrons. The third-order valence-electron chi connectivity index (χ3n) is 5.74. The Balaban J connectivity index is 1.31. The molecule has 7 heteroatoms. The minimum Gasteiger partial charge on any atom is -0.486 e. The summed E-state index contributed by atoms with van der Waals surface area (Å²) in [5.41, 5.74) is 1.50. The number of para-hydroxylation sites is 1. The standard InChI is InChI=1S/C21H23N3O4/c25-19-7-6-17(14-4-5-14)22-24(19)15-8-10-23(11-9-15)21(26)16-2-1-3-18-20(16)28-13-12-27-18/h1-3,6-7,14-15H,4-5,8-13H2. The van der Waals surface area contributed by atoms with Gasteiger partial charge in [0.25, 0.3) is 11.5 Å². The largest absolute Gasteiger partial charge is 0.486 e. The second-order valence-electron chi connectivity index (χ2n) is 7.67. The molecule has 1 saturated carbocycles. The first-order chi connectivity index (χ1) is 13.7. The highest BCUT2D eigenvalue weighted by Gasteiger charge is 2.30. The maximum absolute atomic E-state index is 13.0. The summed E-state index contributed by atoms with van der Waals surface area (Å²) in [6.07, 6.45) is 3.76. The Morgan fingerprint density at radius 3 is 2.57 bits per heavy atom. The van der Waals surface area contributed by atoms with Gasteiger partial charge in [0.2, 0.25) is 0 Å². The number of nitrogens with zero attached hydrogens (tertiary/aromatic N) is 3. The molecule has 3 aliphatic rings. The Kier molecular flexibility index (Phi) is 4.30. The minimum absolute atomic E-state index is 0.0412. The molecule has 0 radical (unpaired) electrons. The fourth-order valence-electron chi connectivity index (χ4n) is 4.02. The molecule has 1 aromatic heterocycles. The Morgan fingerprint density at radius 2 is 1.79 bits per heavy atom. The molecule has 0 spiro atoms. The fraction of sp³-hybridized carbons (Fsp3) is 0.476. The smallest absolute Gasteiger partial charge is 0.267 e. The lowest BCUT2D eigenvalue weighted by Gasteiger charge is -2.33. The number of hydrogen-bond donors (Lipinski definition) is 0. The molecular weight excluding hydrogens is 358 g/mol. The van der Waals surface area contributed by atoms with Crippen LogP contribution >= 0.6 is 0 Å². The van der Waals surface area contributed by atoms with Gasteiger partial charge in [0.05, 0.1) is 17.3 Å². The zero-order valence-electron chi connectivity index (χ0n) is 15.7. The molecule has 2 fully saturated rings. The van der Waals surface area contributed by atoms with Crippen LogP contribution in [-0.4, -0.2) is 46.9 Å². The summed E-state index contributed by atoms with van der Waals surface area (Å²) in [6, 6.07) is 8.96. The monoisotopic (exact) mass is 381 g/mol. The van der Waals surface area contributed by atoms with Crippen molar-refractivity contribution < 1.29 is 14.3 Å². The van der Waals surface area contributed by atoms with Crippen molar-refractivity contribution in [3.8, 4) is 11.5 Å². The predicted octanol–water partition coefficient (Wildman–Crippen LogP) is 2.37. The van der Waals surface area contributed by atoms with Gasteiger partial charge in [-0.15, -0.1) is 0 Å². The third kappa shape index (κ3) is 3.15. The summed E-state index contributed by atoms with van der Waals surface area (Å²) < 4.78 is 12.9. The van der Waals surface area contributed by atoms with E-state index in [9.17, 15) is 9.59 Å². The van der Waals surface area contributed by atoms with Crippen LogP contribution in [-0.2, 0) is 0 Å². The number of carbonyl (C=O) groups excluding carboxylic acids is 1. The van der Waals surface area contributed by atoms with Crippen LogP contribution in [0.3, 0.4) is 0 Å². The van der Waals surface area contributed by atoms with Gasteiger partial charge in [0, 0.05) is 25.1 Å². The summed E-state index contributed by atoms with van der Waals surface area (Å²) in [5.74, 6) is 1.63. The van der Waals surface area contributed by atoms with Gasteiger partial charge in [-0.2, -0.15) is 5.10 Å². The molecule has 1 saturated heterocycles. The molecule has 5 rings (SSSR count). The number of likely N-dealkylation sites (tertiary alicyclic amines) is 1. The number of benzene rings is 1. The second-order valence-corrected chi connectivity index (χ2v) is 7.67. The average molecular weight is 381 g/mol. The number of piperidine rings is 1. The molecule has 7 nitrogen and oxygen atoms in total. The number of amides is 1. The van der Waals surface area contributed by atoms with Gasteiger partial charge in [-0.1, -0.05) is 6.07 Å². The van der Waals surface area contributed by atoms with E-state index in [0.29, 0.717) is 49.3 Å². The average Bonchev–Trinajstić information content (AvgIpc) is 3.59. The molecule has 1 amide bonds. The van der Waals surface area contributed by atoms with E-state index in [-0.39, 0.29) is 17.5 Å². The number of aromatic nitrogens is 2. The summed E-state index contributed by atoms with van der Waals surface area (Å²) >= 11 is 0. The second kappa shape index (κ2) is 6.96. The van der Waals surface area contributed by atoms with E-state index in [2.05, 4.69) is 5.10 Å². The lowest BCUT2D eigenvalue weighted by atomic mass is 10.0. The van der Waals surface area contributed by atoms with Crippen LogP contribution in [0.4, 0.5) is 0 Å². The number of hydrogen-bond acceptors (Lipinski definition) is 5. The Morgan fingerprint density at radius 1 is 1.00 bits per heavy atom. The Labute approximate surface area is 162 Å². The normalized spacial score (nSPS) is 19.5. The van der Waals surface area contributed by atoms with E-state index < -0.39 is 0 Å². The lowest BCUT2D eigenvalue weighted by molar-refractivity contribution is 0.0677. The maximum Gasteiger partial charge on any atom is 0.267 e. The molecule has 2 aromatic rings. The van der Waals surface area contributed by atoms with Crippen molar-refractivity contribution in [3.05, 3.63) is 51.9 Å². The topological polar surface area (TPSA) is 73.7 Å². The number of ether oxygens (including phenoxy) is 2. The molecule has 0 bridgehead atoms. The quantitative estimate of drug-likeness (QED) is 0.816. The highest BCUT2D eigenvalue weighted by Crippen LogP contribution is 2.39. The highest BCUT2D eigenvalue weighted by molar-refractivity contribution is 5.98. The first-order valence-electron chi connectivity index (χ1n) is 9.98.